The van der Waals surface area contributed by atoms with Gasteiger partial charge in [0, 0.05) is 11.5 Å². The van der Waals surface area contributed by atoms with Gasteiger partial charge in [-0.2, -0.15) is 0 Å². The first-order valence-electron chi connectivity index (χ1n) is 4.62. The SMILES string of the molecule is C=CS/C=C(\N)c1nc2ccc(O)cc2[nH]1. The number of aromatic nitrogens is 2. The number of H-pyrrole nitrogens is 1. The van der Waals surface area contributed by atoms with Crippen molar-refractivity contribution in [1.29, 1.82) is 0 Å². The average molecular weight is 233 g/mol. The van der Waals surface area contributed by atoms with Crippen molar-refractivity contribution >= 4 is 28.5 Å². The molecule has 0 unspecified atom stereocenters. The number of thioether (sulfide) groups is 1. The monoisotopic (exact) mass is 233 g/mol. The molecule has 0 fully saturated rings. The van der Waals surface area contributed by atoms with Crippen LogP contribution in [0.5, 0.6) is 5.75 Å². The maximum Gasteiger partial charge on any atom is 0.154 e. The van der Waals surface area contributed by atoms with E-state index in [0.717, 1.165) is 11.0 Å². The van der Waals surface area contributed by atoms with E-state index < -0.39 is 0 Å². The molecule has 5 heteroatoms. The van der Waals surface area contributed by atoms with Crippen molar-refractivity contribution in [1.82, 2.24) is 9.97 Å². The summed E-state index contributed by atoms with van der Waals surface area (Å²) < 4.78 is 0. The molecule has 4 nitrogen and oxygen atoms in total. The van der Waals surface area contributed by atoms with Gasteiger partial charge in [0.15, 0.2) is 5.82 Å². The Balaban J connectivity index is 2.43. The van der Waals surface area contributed by atoms with Crippen LogP contribution < -0.4 is 5.73 Å². The number of nitrogens with one attached hydrogen (secondary N) is 1. The van der Waals surface area contributed by atoms with Crippen molar-refractivity contribution in [3.8, 4) is 5.75 Å². The van der Waals surface area contributed by atoms with Crippen LogP contribution in [0.2, 0.25) is 0 Å². The number of aromatic amines is 1. The molecule has 0 amide bonds. The highest BCUT2D eigenvalue weighted by Gasteiger charge is 2.05. The number of fused-ring (bicyclic) bond motifs is 1. The highest BCUT2D eigenvalue weighted by Crippen LogP contribution is 2.20. The molecule has 2 rings (SSSR count). The van der Waals surface area contributed by atoms with Crippen LogP contribution >= 0.6 is 11.8 Å². The lowest BCUT2D eigenvalue weighted by atomic mass is 10.3. The lowest BCUT2D eigenvalue weighted by Crippen LogP contribution is -1.97. The molecule has 0 saturated heterocycles. The van der Waals surface area contributed by atoms with E-state index in [1.54, 1.807) is 29.0 Å². The van der Waals surface area contributed by atoms with Gasteiger partial charge in [0.2, 0.25) is 0 Å². The van der Waals surface area contributed by atoms with Crippen LogP contribution in [0.3, 0.4) is 0 Å². The predicted octanol–water partition coefficient (Wildman–Crippen LogP) is 2.40. The summed E-state index contributed by atoms with van der Waals surface area (Å²) in [7, 11) is 0. The zero-order valence-electron chi connectivity index (χ0n) is 8.47. The summed E-state index contributed by atoms with van der Waals surface area (Å²) in [5.41, 5.74) is 7.89. The van der Waals surface area contributed by atoms with Crippen molar-refractivity contribution in [3.05, 3.63) is 41.4 Å². The summed E-state index contributed by atoms with van der Waals surface area (Å²) in [6.45, 7) is 3.58. The third-order valence-electron chi connectivity index (χ3n) is 2.03. The first-order valence-corrected chi connectivity index (χ1v) is 5.56. The van der Waals surface area contributed by atoms with Gasteiger partial charge in [-0.3, -0.25) is 0 Å². The van der Waals surface area contributed by atoms with Crippen molar-refractivity contribution in [2.75, 3.05) is 0 Å². The summed E-state index contributed by atoms with van der Waals surface area (Å²) in [4.78, 5) is 7.33. The van der Waals surface area contributed by atoms with Crippen LogP contribution in [-0.4, -0.2) is 15.1 Å². The predicted molar refractivity (Wildman–Crippen MR) is 67.7 cm³/mol. The number of hydrogen-bond donors (Lipinski definition) is 3. The lowest BCUT2D eigenvalue weighted by molar-refractivity contribution is 0.476. The van der Waals surface area contributed by atoms with Crippen LogP contribution in [0.4, 0.5) is 0 Å². The van der Waals surface area contributed by atoms with Gasteiger partial charge in [0.1, 0.15) is 5.75 Å². The molecule has 0 spiro atoms. The number of rotatable bonds is 3. The van der Waals surface area contributed by atoms with E-state index in [9.17, 15) is 5.11 Å². The van der Waals surface area contributed by atoms with E-state index in [0.29, 0.717) is 11.5 Å². The molecule has 0 aliphatic rings. The molecule has 0 aliphatic carbocycles. The van der Waals surface area contributed by atoms with Gasteiger partial charge in [0.05, 0.1) is 16.7 Å². The topological polar surface area (TPSA) is 74.9 Å². The Bertz CT molecular complexity index is 559. The minimum absolute atomic E-state index is 0.200. The summed E-state index contributed by atoms with van der Waals surface area (Å²) in [6.07, 6.45) is 0. The van der Waals surface area contributed by atoms with Crippen LogP contribution in [0.1, 0.15) is 5.82 Å². The van der Waals surface area contributed by atoms with Crippen molar-refractivity contribution in [2.45, 2.75) is 0 Å². The molecule has 0 aliphatic heterocycles. The maximum absolute atomic E-state index is 9.31. The summed E-state index contributed by atoms with van der Waals surface area (Å²) >= 11 is 1.39. The van der Waals surface area contributed by atoms with Crippen molar-refractivity contribution in [2.24, 2.45) is 5.73 Å². The number of phenolic OH excluding ortho intramolecular Hbond substituents is 1. The minimum atomic E-state index is 0.200. The van der Waals surface area contributed by atoms with Gasteiger partial charge >= 0.3 is 0 Å². The standard InChI is InChI=1S/C11H11N3OS/c1-2-16-6-8(12)11-13-9-4-3-7(15)5-10(9)14-11/h2-6,15H,1,12H2,(H,13,14)/b8-6-. The first kappa shape index (κ1) is 10.6. The average Bonchev–Trinajstić information content (AvgIpc) is 2.68. The Hall–Kier alpha value is -1.88. The molecule has 0 saturated carbocycles. The molecular formula is C11H11N3OS. The number of nitrogens with two attached hydrogens (primary N) is 1. The van der Waals surface area contributed by atoms with Gasteiger partial charge in [-0.15, -0.1) is 11.8 Å². The second-order valence-electron chi connectivity index (χ2n) is 3.16. The third kappa shape index (κ3) is 2.04. The van der Waals surface area contributed by atoms with Crippen LogP contribution in [-0.2, 0) is 0 Å². The summed E-state index contributed by atoms with van der Waals surface area (Å²) in [5, 5.41) is 12.7. The molecular weight excluding hydrogens is 222 g/mol. The quantitative estimate of drug-likeness (QED) is 0.761. The Morgan fingerprint density at radius 3 is 3.12 bits per heavy atom. The molecule has 1 aromatic heterocycles. The Morgan fingerprint density at radius 1 is 1.56 bits per heavy atom. The van der Waals surface area contributed by atoms with E-state index in [1.165, 1.54) is 11.8 Å². The molecule has 1 heterocycles. The van der Waals surface area contributed by atoms with E-state index in [2.05, 4.69) is 16.5 Å². The number of phenols is 1. The van der Waals surface area contributed by atoms with Gasteiger partial charge in [0.25, 0.3) is 0 Å². The second kappa shape index (κ2) is 4.32. The Kier molecular flexibility index (Phi) is 2.87. The fourth-order valence-corrected chi connectivity index (χ4v) is 1.67. The molecule has 0 radical (unpaired) electrons. The number of aromatic hydroxyl groups is 1. The van der Waals surface area contributed by atoms with E-state index in [4.69, 9.17) is 5.73 Å². The smallest absolute Gasteiger partial charge is 0.154 e. The number of benzene rings is 1. The zero-order valence-corrected chi connectivity index (χ0v) is 9.29. The van der Waals surface area contributed by atoms with Gasteiger partial charge in [-0.25, -0.2) is 4.98 Å². The van der Waals surface area contributed by atoms with Crippen molar-refractivity contribution in [3.63, 3.8) is 0 Å². The number of hydrogen-bond acceptors (Lipinski definition) is 4. The Labute approximate surface area is 96.9 Å². The van der Waals surface area contributed by atoms with Gasteiger partial charge < -0.3 is 15.8 Å². The van der Waals surface area contributed by atoms with Gasteiger partial charge in [-0.1, -0.05) is 6.58 Å². The normalized spacial score (nSPS) is 11.9. The number of nitrogens with zero attached hydrogens (tertiary/aromatic N) is 1. The molecule has 0 atom stereocenters. The lowest BCUT2D eigenvalue weighted by Gasteiger charge is -1.93. The zero-order chi connectivity index (χ0) is 11.5. The van der Waals surface area contributed by atoms with Gasteiger partial charge in [-0.05, 0) is 17.5 Å². The van der Waals surface area contributed by atoms with Crippen molar-refractivity contribution < 1.29 is 5.11 Å². The molecule has 4 N–H and O–H groups in total. The highest BCUT2D eigenvalue weighted by molar-refractivity contribution is 8.05. The van der Waals surface area contributed by atoms with E-state index in [1.807, 2.05) is 0 Å². The van der Waals surface area contributed by atoms with Crippen LogP contribution in [0, 0.1) is 0 Å². The molecule has 0 bridgehead atoms. The fourth-order valence-electron chi connectivity index (χ4n) is 1.31. The summed E-state index contributed by atoms with van der Waals surface area (Å²) in [5.74, 6) is 0.792. The van der Waals surface area contributed by atoms with Crippen LogP contribution in [0.15, 0.2) is 35.6 Å². The molecule has 16 heavy (non-hydrogen) atoms. The van der Waals surface area contributed by atoms with Crippen LogP contribution in [0.25, 0.3) is 16.7 Å². The third-order valence-corrected chi connectivity index (χ3v) is 2.61. The number of imidazole rings is 1. The minimum Gasteiger partial charge on any atom is -0.508 e. The fraction of sp³-hybridized carbons (Fsp3) is 0. The van der Waals surface area contributed by atoms with E-state index in [-0.39, 0.29) is 5.75 Å². The Morgan fingerprint density at radius 2 is 2.38 bits per heavy atom. The van der Waals surface area contributed by atoms with E-state index >= 15 is 0 Å². The highest BCUT2D eigenvalue weighted by atomic mass is 32.2. The summed E-state index contributed by atoms with van der Waals surface area (Å²) in [6, 6.07) is 4.93. The molecule has 82 valence electrons. The first-order chi connectivity index (χ1) is 7.70. The second-order valence-corrected chi connectivity index (χ2v) is 4.00. The molecule has 1 aromatic carbocycles. The largest absolute Gasteiger partial charge is 0.508 e. The maximum atomic E-state index is 9.31. The molecule has 2 aromatic rings.